The number of nitrogens with zero attached hydrogens (tertiary/aromatic N) is 1. The van der Waals surface area contributed by atoms with Crippen molar-refractivity contribution in [2.45, 2.75) is 0 Å². The van der Waals surface area contributed by atoms with Crippen molar-refractivity contribution in [2.24, 2.45) is 5.90 Å². The van der Waals surface area contributed by atoms with Gasteiger partial charge in [0.1, 0.15) is 0 Å². The largest absolute Gasteiger partial charge is 0.224 e. The van der Waals surface area contributed by atoms with Gasteiger partial charge in [-0.1, -0.05) is 6.07 Å². The second kappa shape index (κ2) is 2.28. The predicted octanol–water partition coefficient (Wildman–Crippen LogP) is -0.724. The Hall–Kier alpha value is -1.09. The Morgan fingerprint density at radius 2 is 1.75 bits per heavy atom. The Balaban J connectivity index is 2.83. The molecule has 0 aromatic carbocycles. The van der Waals surface area contributed by atoms with E-state index < -0.39 is 0 Å². The summed E-state index contributed by atoms with van der Waals surface area (Å²) in [6.07, 6.45) is 3.42. The summed E-state index contributed by atoms with van der Waals surface area (Å²) < 4.78 is 1.40. The topological polar surface area (TPSA) is 39.1 Å². The summed E-state index contributed by atoms with van der Waals surface area (Å²) in [7, 11) is 0. The molecule has 1 heterocycles. The van der Waals surface area contributed by atoms with E-state index in [1.807, 2.05) is 18.2 Å². The smallest absolute Gasteiger partial charge is 0.170 e. The first-order valence-corrected chi connectivity index (χ1v) is 2.27. The van der Waals surface area contributed by atoms with Crippen molar-refractivity contribution in [1.29, 1.82) is 0 Å². The Kier molecular flexibility index (Phi) is 1.44. The summed E-state index contributed by atoms with van der Waals surface area (Å²) in [4.78, 5) is 4.33. The predicted molar refractivity (Wildman–Crippen MR) is 27.4 cm³/mol. The second-order valence-corrected chi connectivity index (χ2v) is 1.34. The van der Waals surface area contributed by atoms with Crippen LogP contribution in [0, 0.1) is 0 Å². The molecular formula is C5H7N2O+. The summed E-state index contributed by atoms with van der Waals surface area (Å²) in [5.41, 5.74) is 0. The molecule has 2 N–H and O–H groups in total. The zero-order chi connectivity index (χ0) is 5.82. The number of nitrogens with two attached hydrogens (primary N) is 1. The maximum absolute atomic E-state index is 4.81. The van der Waals surface area contributed by atoms with Crippen LogP contribution in [-0.4, -0.2) is 0 Å². The highest BCUT2D eigenvalue weighted by Crippen LogP contribution is 1.71. The molecule has 42 valence electrons. The molecule has 0 spiro atoms. The van der Waals surface area contributed by atoms with Gasteiger partial charge >= 0.3 is 0 Å². The highest BCUT2D eigenvalue weighted by molar-refractivity contribution is 4.82. The van der Waals surface area contributed by atoms with E-state index in [1.54, 1.807) is 12.4 Å². The summed E-state index contributed by atoms with van der Waals surface area (Å²) in [6.45, 7) is 0. The third-order valence-electron chi connectivity index (χ3n) is 0.810. The quantitative estimate of drug-likeness (QED) is 0.383. The van der Waals surface area contributed by atoms with E-state index in [2.05, 4.69) is 4.94 Å². The third kappa shape index (κ3) is 0.946. The van der Waals surface area contributed by atoms with Gasteiger partial charge in [-0.2, -0.15) is 4.94 Å². The molecule has 0 saturated carbocycles. The number of hydrogen-bond donors (Lipinski definition) is 1. The van der Waals surface area contributed by atoms with Crippen molar-refractivity contribution < 1.29 is 9.67 Å². The van der Waals surface area contributed by atoms with E-state index in [9.17, 15) is 0 Å². The van der Waals surface area contributed by atoms with Crippen molar-refractivity contribution >= 4 is 0 Å². The van der Waals surface area contributed by atoms with Crippen molar-refractivity contribution in [3.05, 3.63) is 30.6 Å². The van der Waals surface area contributed by atoms with Crippen LogP contribution in [0.15, 0.2) is 30.6 Å². The molecule has 0 aliphatic carbocycles. The van der Waals surface area contributed by atoms with Gasteiger partial charge in [-0.3, -0.25) is 0 Å². The van der Waals surface area contributed by atoms with E-state index in [-0.39, 0.29) is 0 Å². The van der Waals surface area contributed by atoms with Crippen molar-refractivity contribution in [2.75, 3.05) is 0 Å². The van der Waals surface area contributed by atoms with E-state index >= 15 is 0 Å². The van der Waals surface area contributed by atoms with Gasteiger partial charge in [0.05, 0.1) is 0 Å². The lowest BCUT2D eigenvalue weighted by Gasteiger charge is -1.83. The zero-order valence-corrected chi connectivity index (χ0v) is 4.32. The molecule has 0 radical (unpaired) electrons. The van der Waals surface area contributed by atoms with Crippen molar-refractivity contribution in [1.82, 2.24) is 0 Å². The number of hydrogen-bond acceptors (Lipinski definition) is 2. The van der Waals surface area contributed by atoms with Crippen LogP contribution < -0.4 is 15.6 Å². The molecule has 0 bridgehead atoms. The lowest BCUT2D eigenvalue weighted by Crippen LogP contribution is -2.45. The normalized spacial score (nSPS) is 8.62. The van der Waals surface area contributed by atoms with Crippen LogP contribution in [0.1, 0.15) is 0 Å². The first-order valence-electron chi connectivity index (χ1n) is 2.27. The third-order valence-corrected chi connectivity index (χ3v) is 0.810. The standard InChI is InChI=1S/C5H7N2O/c6-8-7-4-2-1-3-5-7/h1-5H,6H2/q+1. The van der Waals surface area contributed by atoms with E-state index in [1.165, 1.54) is 4.73 Å². The van der Waals surface area contributed by atoms with Gasteiger partial charge < -0.3 is 0 Å². The average Bonchev–Trinajstić information content (AvgIpc) is 1.90. The minimum Gasteiger partial charge on any atom is -0.170 e. The van der Waals surface area contributed by atoms with Crippen LogP contribution in [0.2, 0.25) is 0 Å². The van der Waals surface area contributed by atoms with Crippen LogP contribution >= 0.6 is 0 Å². The maximum Gasteiger partial charge on any atom is 0.224 e. The molecule has 0 aliphatic heterocycles. The molecule has 0 amide bonds. The molecule has 1 aromatic heterocycles. The summed E-state index contributed by atoms with van der Waals surface area (Å²) in [5, 5.41) is 0. The van der Waals surface area contributed by atoms with Gasteiger partial charge in [0, 0.05) is 16.9 Å². The fourth-order valence-electron chi connectivity index (χ4n) is 0.453. The molecule has 8 heavy (non-hydrogen) atoms. The van der Waals surface area contributed by atoms with E-state index in [0.29, 0.717) is 0 Å². The van der Waals surface area contributed by atoms with E-state index in [4.69, 9.17) is 5.90 Å². The Morgan fingerprint density at radius 3 is 2.12 bits per heavy atom. The van der Waals surface area contributed by atoms with Crippen LogP contribution in [-0.2, 0) is 0 Å². The molecule has 0 unspecified atom stereocenters. The lowest BCUT2D eigenvalue weighted by atomic mass is 10.5. The second-order valence-electron chi connectivity index (χ2n) is 1.34. The Morgan fingerprint density at radius 1 is 1.12 bits per heavy atom. The minimum absolute atomic E-state index is 1.40. The first kappa shape index (κ1) is 5.05. The number of pyridine rings is 1. The van der Waals surface area contributed by atoms with Gasteiger partial charge in [0.25, 0.3) is 0 Å². The number of rotatable bonds is 1. The maximum atomic E-state index is 4.81. The van der Waals surface area contributed by atoms with Crippen LogP contribution in [0.25, 0.3) is 0 Å². The highest BCUT2D eigenvalue weighted by atomic mass is 16.8. The molecule has 0 aliphatic rings. The van der Waals surface area contributed by atoms with Crippen LogP contribution in [0.5, 0.6) is 0 Å². The molecule has 0 fully saturated rings. The monoisotopic (exact) mass is 111 g/mol. The van der Waals surface area contributed by atoms with Crippen LogP contribution in [0.3, 0.4) is 0 Å². The fourth-order valence-corrected chi connectivity index (χ4v) is 0.453. The summed E-state index contributed by atoms with van der Waals surface area (Å²) in [6, 6.07) is 5.54. The van der Waals surface area contributed by atoms with E-state index in [0.717, 1.165) is 0 Å². The number of aromatic nitrogens is 1. The molecule has 3 nitrogen and oxygen atoms in total. The minimum atomic E-state index is 1.40. The van der Waals surface area contributed by atoms with Gasteiger partial charge in [-0.05, 0) is 0 Å². The zero-order valence-electron chi connectivity index (χ0n) is 4.32. The molecule has 0 atom stereocenters. The summed E-state index contributed by atoms with van der Waals surface area (Å²) >= 11 is 0. The fraction of sp³-hybridized carbons (Fsp3) is 0. The lowest BCUT2D eigenvalue weighted by molar-refractivity contribution is -0.895. The molecule has 1 rings (SSSR count). The molecular weight excluding hydrogens is 104 g/mol. The average molecular weight is 111 g/mol. The summed E-state index contributed by atoms with van der Waals surface area (Å²) in [5.74, 6) is 4.81. The highest BCUT2D eigenvalue weighted by Gasteiger charge is 1.89. The van der Waals surface area contributed by atoms with Gasteiger partial charge in [0.15, 0.2) is 0 Å². The van der Waals surface area contributed by atoms with Gasteiger partial charge in [0.2, 0.25) is 12.4 Å². The molecule has 0 saturated heterocycles. The van der Waals surface area contributed by atoms with Gasteiger partial charge in [-0.25, -0.2) is 0 Å². The SMILES string of the molecule is NO[n+]1ccccc1. The van der Waals surface area contributed by atoms with Crippen molar-refractivity contribution in [3.8, 4) is 0 Å². The molecule has 1 aromatic rings. The van der Waals surface area contributed by atoms with Crippen LogP contribution in [0.4, 0.5) is 0 Å². The molecule has 3 heteroatoms. The van der Waals surface area contributed by atoms with Crippen molar-refractivity contribution in [3.63, 3.8) is 0 Å². The Labute approximate surface area is 47.2 Å². The Bertz CT molecular complexity index is 152. The van der Waals surface area contributed by atoms with Gasteiger partial charge in [-0.15, -0.1) is 5.90 Å². The first-order chi connectivity index (χ1) is 3.93.